The maximum Gasteiger partial charge on any atom is 0.373 e. The summed E-state index contributed by atoms with van der Waals surface area (Å²) in [4.78, 5) is 41.4. The van der Waals surface area contributed by atoms with Crippen LogP contribution in [0.1, 0.15) is 33.9 Å². The van der Waals surface area contributed by atoms with E-state index in [9.17, 15) is 19.3 Å². The summed E-state index contributed by atoms with van der Waals surface area (Å²) >= 11 is 0. The van der Waals surface area contributed by atoms with Crippen molar-refractivity contribution in [1.29, 1.82) is 0 Å². The van der Waals surface area contributed by atoms with Gasteiger partial charge in [0, 0.05) is 25.0 Å². The van der Waals surface area contributed by atoms with E-state index in [1.807, 2.05) is 25.8 Å². The molecule has 30 heavy (non-hydrogen) atoms. The first-order valence-corrected chi connectivity index (χ1v) is 11.2. The van der Waals surface area contributed by atoms with Gasteiger partial charge in [0.25, 0.3) is 13.1 Å². The summed E-state index contributed by atoms with van der Waals surface area (Å²) in [7, 11) is -3.21. The zero-order valence-electron chi connectivity index (χ0n) is 17.3. The van der Waals surface area contributed by atoms with Gasteiger partial charge in [-0.05, 0) is 19.8 Å². The molecule has 3 N–H and O–H groups in total. The fourth-order valence-electron chi connectivity index (χ4n) is 2.73. The molecule has 0 aromatic carbocycles. The number of nitrogens with one attached hydrogen (secondary N) is 2. The Labute approximate surface area is 172 Å². The fraction of sp³-hybridized carbons (Fsp3) is 0.706. The highest BCUT2D eigenvalue weighted by atomic mass is 31.2. The van der Waals surface area contributed by atoms with Crippen LogP contribution in [0, 0.1) is 5.92 Å². The number of hydrogen-bond acceptors (Lipinski definition) is 8. The molecule has 13 heteroatoms. The Bertz CT molecular complexity index is 909. The minimum Gasteiger partial charge on any atom is -0.387 e. The number of aromatic nitrogens is 2. The number of aromatic amines is 1. The Balaban J connectivity index is 0.00000141. The van der Waals surface area contributed by atoms with Crippen molar-refractivity contribution in [2.24, 2.45) is 5.92 Å². The third kappa shape index (κ3) is 6.53. The van der Waals surface area contributed by atoms with E-state index < -0.39 is 42.9 Å². The van der Waals surface area contributed by atoms with Crippen LogP contribution in [0.25, 0.3) is 0 Å². The van der Waals surface area contributed by atoms with Gasteiger partial charge in [0.2, 0.25) is 0 Å². The molecule has 1 aromatic heterocycles. The van der Waals surface area contributed by atoms with Gasteiger partial charge in [-0.1, -0.05) is 13.8 Å². The van der Waals surface area contributed by atoms with E-state index in [2.05, 4.69) is 5.09 Å². The predicted molar refractivity (Wildman–Crippen MR) is 103 cm³/mol. The van der Waals surface area contributed by atoms with Gasteiger partial charge in [0.15, 0.2) is 11.9 Å². The van der Waals surface area contributed by atoms with Crippen LogP contribution < -0.4 is 16.3 Å². The van der Waals surface area contributed by atoms with Crippen molar-refractivity contribution in [2.75, 3.05) is 13.3 Å². The molecule has 0 saturated carbocycles. The number of alkyl halides is 1. The third-order valence-corrected chi connectivity index (χ3v) is 6.26. The Morgan fingerprint density at radius 2 is 2.00 bits per heavy atom. The molecule has 1 aliphatic rings. The van der Waals surface area contributed by atoms with Crippen LogP contribution in [0.2, 0.25) is 0 Å². The largest absolute Gasteiger partial charge is 0.387 e. The monoisotopic (exact) mass is 451 g/mol. The van der Waals surface area contributed by atoms with E-state index in [0.29, 0.717) is 0 Å². The minimum absolute atomic E-state index is 0.0748. The van der Waals surface area contributed by atoms with E-state index in [1.165, 1.54) is 6.66 Å². The Morgan fingerprint density at radius 1 is 1.43 bits per heavy atom. The van der Waals surface area contributed by atoms with Crippen molar-refractivity contribution in [1.82, 2.24) is 14.6 Å². The smallest absolute Gasteiger partial charge is 0.373 e. The molecule has 0 amide bonds. The number of H-pyrrole nitrogens is 1. The van der Waals surface area contributed by atoms with Crippen LogP contribution in [0.15, 0.2) is 21.9 Å². The summed E-state index contributed by atoms with van der Waals surface area (Å²) in [5, 5.41) is 13.2. The predicted octanol–water partition coefficient (Wildman–Crippen LogP) is 0.413. The Morgan fingerprint density at radius 3 is 2.50 bits per heavy atom. The molecule has 170 valence electrons. The molecule has 2 rings (SSSR count). The normalized spacial score (nSPS) is 28.9. The number of ether oxygens (including phenoxy) is 1. The molecule has 0 bridgehead atoms. The summed E-state index contributed by atoms with van der Waals surface area (Å²) < 4.78 is 39.3. The Kier molecular flexibility index (Phi) is 9.04. The second kappa shape index (κ2) is 10.4. The second-order valence-electron chi connectivity index (χ2n) is 7.53. The lowest BCUT2D eigenvalue weighted by atomic mass is 9.98. The van der Waals surface area contributed by atoms with Crippen molar-refractivity contribution in [2.45, 2.75) is 57.8 Å². The van der Waals surface area contributed by atoms with Gasteiger partial charge in [-0.25, -0.2) is 14.3 Å². The first-order valence-electron chi connectivity index (χ1n) is 9.09. The lowest BCUT2D eigenvalue weighted by molar-refractivity contribution is -0.191. The summed E-state index contributed by atoms with van der Waals surface area (Å²) in [6.07, 6.45) is -2.89. The average molecular weight is 451 g/mol. The van der Waals surface area contributed by atoms with Crippen LogP contribution in [0.3, 0.4) is 0 Å². The maximum absolute atomic E-state index is 15.1. The van der Waals surface area contributed by atoms with Crippen molar-refractivity contribution in [3.63, 3.8) is 0 Å². The molecule has 1 saturated heterocycles. The first-order chi connectivity index (χ1) is 13.8. The Hall–Kier alpha value is -1.94. The lowest BCUT2D eigenvalue weighted by Crippen LogP contribution is -2.43. The summed E-state index contributed by atoms with van der Waals surface area (Å²) in [5.41, 5.74) is -3.82. The van der Waals surface area contributed by atoms with Crippen molar-refractivity contribution in [3.05, 3.63) is 33.1 Å². The quantitative estimate of drug-likeness (QED) is 0.500. The molecular formula is C17H27FN3O8P. The SMILES string of the molecule is CC(C)[C@@H](C)NP(C)(=O)OC[C@H]1O[C@@H](n2ccc(=O)[nH]c2=O)[C@](C)(F)[C@@H]1O.O=C=O. The van der Waals surface area contributed by atoms with E-state index in [4.69, 9.17) is 18.8 Å². The van der Waals surface area contributed by atoms with Gasteiger partial charge in [-0.15, -0.1) is 0 Å². The molecular weight excluding hydrogens is 424 g/mol. The first kappa shape index (κ1) is 26.1. The topological polar surface area (TPSA) is 157 Å². The van der Waals surface area contributed by atoms with Gasteiger partial charge in [0.1, 0.15) is 12.2 Å². The molecule has 0 radical (unpaired) electrons. The van der Waals surface area contributed by atoms with Gasteiger partial charge in [-0.3, -0.25) is 18.9 Å². The van der Waals surface area contributed by atoms with Crippen LogP contribution in [0.4, 0.5) is 4.39 Å². The summed E-state index contributed by atoms with van der Waals surface area (Å²) in [5.74, 6) is 0.223. The van der Waals surface area contributed by atoms with Gasteiger partial charge < -0.3 is 14.4 Å². The fourth-order valence-corrected chi connectivity index (χ4v) is 4.28. The number of rotatable bonds is 7. The third-order valence-electron chi connectivity index (χ3n) is 4.74. The van der Waals surface area contributed by atoms with Gasteiger partial charge >= 0.3 is 11.8 Å². The summed E-state index contributed by atoms with van der Waals surface area (Å²) in [6, 6.07) is 0.975. The summed E-state index contributed by atoms with van der Waals surface area (Å²) in [6.45, 7) is 7.94. The zero-order valence-corrected chi connectivity index (χ0v) is 18.2. The standard InChI is InChI=1S/C16H27FN3O6P.CO2/c1-9(2)10(3)19-27(5,24)25-8-11-13(22)16(4,17)14(26-11)20-7-6-12(21)18-15(20)23;2-1-3/h6-7,9-11,13-14,22H,8H2,1-5H3,(H,19,24)(H,18,21,23);/t10-,11-,13-,14-,16-,27?;/m1./s1. The zero-order chi connectivity index (χ0) is 23.3. The van der Waals surface area contributed by atoms with Gasteiger partial charge in [-0.2, -0.15) is 9.59 Å². The van der Waals surface area contributed by atoms with Crippen molar-refractivity contribution >= 4 is 13.7 Å². The molecule has 1 unspecified atom stereocenters. The number of carbonyl (C=O) groups excluding carboxylic acids is 2. The maximum atomic E-state index is 15.1. The minimum atomic E-state index is -3.21. The second-order valence-corrected chi connectivity index (χ2v) is 9.74. The molecule has 1 fully saturated rings. The van der Waals surface area contributed by atoms with Crippen LogP contribution >= 0.6 is 7.52 Å². The molecule has 0 spiro atoms. The highest BCUT2D eigenvalue weighted by molar-refractivity contribution is 7.56. The van der Waals surface area contributed by atoms with Crippen LogP contribution in [-0.2, 0) is 23.4 Å². The van der Waals surface area contributed by atoms with Crippen LogP contribution in [-0.4, -0.2) is 58.0 Å². The van der Waals surface area contributed by atoms with Crippen molar-refractivity contribution in [3.8, 4) is 0 Å². The van der Waals surface area contributed by atoms with E-state index in [-0.39, 0.29) is 24.7 Å². The molecule has 6 atom stereocenters. The number of nitrogens with zero attached hydrogens (tertiary/aromatic N) is 1. The number of hydrogen-bond donors (Lipinski definition) is 3. The molecule has 11 nitrogen and oxygen atoms in total. The van der Waals surface area contributed by atoms with E-state index in [1.54, 1.807) is 0 Å². The van der Waals surface area contributed by atoms with E-state index >= 15 is 4.39 Å². The van der Waals surface area contributed by atoms with E-state index in [0.717, 1.165) is 23.8 Å². The molecule has 1 aromatic rings. The highest BCUT2D eigenvalue weighted by Crippen LogP contribution is 2.44. The van der Waals surface area contributed by atoms with Gasteiger partial charge in [0.05, 0.1) is 6.61 Å². The number of aliphatic hydroxyl groups excluding tert-OH is 1. The van der Waals surface area contributed by atoms with Crippen LogP contribution in [0.5, 0.6) is 0 Å². The highest BCUT2D eigenvalue weighted by Gasteiger charge is 2.55. The molecule has 0 aliphatic carbocycles. The average Bonchev–Trinajstić information content (AvgIpc) is 2.84. The molecule has 2 heterocycles. The molecule has 1 aliphatic heterocycles. The number of halogens is 1. The lowest BCUT2D eigenvalue weighted by Gasteiger charge is -2.25. The van der Waals surface area contributed by atoms with Crippen molar-refractivity contribution < 1.29 is 32.9 Å². The number of aliphatic hydroxyl groups is 1.